The van der Waals surface area contributed by atoms with Crippen LogP contribution in [0.1, 0.15) is 27.7 Å². The highest BCUT2D eigenvalue weighted by Crippen LogP contribution is 2.06. The van der Waals surface area contributed by atoms with Gasteiger partial charge in [0.1, 0.15) is 12.6 Å². The fourth-order valence-corrected chi connectivity index (χ4v) is 1.46. The SMILES string of the molecule is CC1C(=O)NC(=O)CN1C(=O)CNC(C)(C)C. The largest absolute Gasteiger partial charge is 0.321 e. The van der Waals surface area contributed by atoms with E-state index < -0.39 is 17.9 Å². The topological polar surface area (TPSA) is 78.5 Å². The van der Waals surface area contributed by atoms with Crippen LogP contribution >= 0.6 is 0 Å². The molecule has 0 aromatic heterocycles. The van der Waals surface area contributed by atoms with Gasteiger partial charge in [0.15, 0.2) is 0 Å². The van der Waals surface area contributed by atoms with Crippen LogP contribution in [0.25, 0.3) is 0 Å². The minimum absolute atomic E-state index is 0.0580. The van der Waals surface area contributed by atoms with Gasteiger partial charge < -0.3 is 10.2 Å². The van der Waals surface area contributed by atoms with E-state index in [1.807, 2.05) is 20.8 Å². The third kappa shape index (κ3) is 3.81. The third-order valence-electron chi connectivity index (χ3n) is 2.51. The first-order chi connectivity index (χ1) is 7.70. The lowest BCUT2D eigenvalue weighted by Gasteiger charge is -2.32. The number of rotatable bonds is 2. The van der Waals surface area contributed by atoms with Gasteiger partial charge in [0.2, 0.25) is 17.7 Å². The molecule has 1 heterocycles. The number of hydrogen-bond donors (Lipinski definition) is 2. The number of piperazine rings is 1. The van der Waals surface area contributed by atoms with E-state index in [1.165, 1.54) is 4.90 Å². The number of imide groups is 1. The summed E-state index contributed by atoms with van der Waals surface area (Å²) >= 11 is 0. The minimum atomic E-state index is -0.595. The van der Waals surface area contributed by atoms with Crippen molar-refractivity contribution in [1.29, 1.82) is 0 Å². The first kappa shape index (κ1) is 13.6. The van der Waals surface area contributed by atoms with Crippen LogP contribution in [0.5, 0.6) is 0 Å². The normalized spacial score (nSPS) is 21.4. The molecule has 6 heteroatoms. The Hall–Kier alpha value is -1.43. The molecule has 0 spiro atoms. The van der Waals surface area contributed by atoms with Gasteiger partial charge in [-0.15, -0.1) is 0 Å². The van der Waals surface area contributed by atoms with Crippen molar-refractivity contribution in [3.8, 4) is 0 Å². The van der Waals surface area contributed by atoms with Gasteiger partial charge in [0.05, 0.1) is 6.54 Å². The molecule has 6 nitrogen and oxygen atoms in total. The van der Waals surface area contributed by atoms with E-state index in [-0.39, 0.29) is 24.5 Å². The summed E-state index contributed by atoms with van der Waals surface area (Å²) in [5, 5.41) is 5.23. The lowest BCUT2D eigenvalue weighted by atomic mass is 10.1. The summed E-state index contributed by atoms with van der Waals surface area (Å²) in [6, 6.07) is -0.595. The summed E-state index contributed by atoms with van der Waals surface area (Å²) in [7, 11) is 0. The highest BCUT2D eigenvalue weighted by Gasteiger charge is 2.33. The maximum atomic E-state index is 11.9. The van der Waals surface area contributed by atoms with E-state index in [0.29, 0.717) is 0 Å². The molecule has 0 radical (unpaired) electrons. The summed E-state index contributed by atoms with van der Waals surface area (Å²) in [6.07, 6.45) is 0. The fourth-order valence-electron chi connectivity index (χ4n) is 1.46. The van der Waals surface area contributed by atoms with Gasteiger partial charge in [-0.2, -0.15) is 0 Å². The standard InChI is InChI=1S/C11H19N3O3/c1-7-10(17)13-8(15)6-14(7)9(16)5-12-11(2,3)4/h7,12H,5-6H2,1-4H3,(H,13,15,17). The van der Waals surface area contributed by atoms with Gasteiger partial charge in [0, 0.05) is 5.54 Å². The van der Waals surface area contributed by atoms with Crippen molar-refractivity contribution in [2.24, 2.45) is 0 Å². The molecule has 0 aliphatic carbocycles. The average molecular weight is 241 g/mol. The van der Waals surface area contributed by atoms with Crippen LogP contribution in [-0.2, 0) is 14.4 Å². The molecule has 3 amide bonds. The molecule has 0 aromatic rings. The second kappa shape index (κ2) is 4.83. The molecule has 1 rings (SSSR count). The molecular weight excluding hydrogens is 222 g/mol. The number of nitrogens with one attached hydrogen (secondary N) is 2. The van der Waals surface area contributed by atoms with E-state index in [1.54, 1.807) is 6.92 Å². The van der Waals surface area contributed by atoms with Crippen LogP contribution in [-0.4, -0.2) is 47.3 Å². The Morgan fingerprint density at radius 1 is 1.47 bits per heavy atom. The van der Waals surface area contributed by atoms with Crippen LogP contribution in [0.4, 0.5) is 0 Å². The summed E-state index contributed by atoms with van der Waals surface area (Å²) in [6.45, 7) is 7.50. The number of amides is 3. The predicted molar refractivity (Wildman–Crippen MR) is 62.1 cm³/mol. The molecule has 17 heavy (non-hydrogen) atoms. The molecule has 0 aromatic carbocycles. The van der Waals surface area contributed by atoms with Crippen LogP contribution in [0.2, 0.25) is 0 Å². The maximum Gasteiger partial charge on any atom is 0.249 e. The Morgan fingerprint density at radius 2 is 2.06 bits per heavy atom. The monoisotopic (exact) mass is 241 g/mol. The molecule has 1 aliphatic rings. The van der Waals surface area contributed by atoms with Crippen molar-refractivity contribution in [3.05, 3.63) is 0 Å². The number of carbonyl (C=O) groups is 3. The Balaban J connectivity index is 2.61. The van der Waals surface area contributed by atoms with Crippen molar-refractivity contribution in [3.63, 3.8) is 0 Å². The molecule has 1 saturated heterocycles. The molecule has 2 N–H and O–H groups in total. The molecule has 0 saturated carbocycles. The highest BCUT2D eigenvalue weighted by atomic mass is 16.2. The second-order valence-corrected chi connectivity index (χ2v) is 5.21. The lowest BCUT2D eigenvalue weighted by molar-refractivity contribution is -0.149. The molecule has 1 atom stereocenters. The number of hydrogen-bond acceptors (Lipinski definition) is 4. The fraction of sp³-hybridized carbons (Fsp3) is 0.727. The van der Waals surface area contributed by atoms with Gasteiger partial charge in [-0.3, -0.25) is 19.7 Å². The number of nitrogens with zero attached hydrogens (tertiary/aromatic N) is 1. The van der Waals surface area contributed by atoms with Crippen LogP contribution in [0, 0.1) is 0 Å². The molecule has 1 unspecified atom stereocenters. The quantitative estimate of drug-likeness (QED) is 0.623. The summed E-state index contributed by atoms with van der Waals surface area (Å²) in [5.74, 6) is -1.10. The van der Waals surface area contributed by atoms with Gasteiger partial charge in [0.25, 0.3) is 0 Å². The van der Waals surface area contributed by atoms with Crippen molar-refractivity contribution in [2.45, 2.75) is 39.3 Å². The molecule has 96 valence electrons. The maximum absolute atomic E-state index is 11.9. The van der Waals surface area contributed by atoms with Gasteiger partial charge in [-0.25, -0.2) is 0 Å². The predicted octanol–water partition coefficient (Wildman–Crippen LogP) is -0.752. The first-order valence-corrected chi connectivity index (χ1v) is 5.59. The zero-order chi connectivity index (χ0) is 13.2. The van der Waals surface area contributed by atoms with Crippen LogP contribution in [0.15, 0.2) is 0 Å². The smallest absolute Gasteiger partial charge is 0.249 e. The number of carbonyl (C=O) groups excluding carboxylic acids is 3. The van der Waals surface area contributed by atoms with E-state index in [4.69, 9.17) is 0 Å². The molecule has 1 fully saturated rings. The summed E-state index contributed by atoms with van der Waals surface area (Å²) in [4.78, 5) is 35.7. The molecular formula is C11H19N3O3. The van der Waals surface area contributed by atoms with Crippen molar-refractivity contribution in [1.82, 2.24) is 15.5 Å². The second-order valence-electron chi connectivity index (χ2n) is 5.21. The van der Waals surface area contributed by atoms with E-state index in [0.717, 1.165) is 0 Å². The lowest BCUT2D eigenvalue weighted by Crippen LogP contribution is -2.60. The zero-order valence-electron chi connectivity index (χ0n) is 10.7. The average Bonchev–Trinajstić information content (AvgIpc) is 2.19. The Kier molecular flexibility index (Phi) is 3.87. The van der Waals surface area contributed by atoms with Gasteiger partial charge in [-0.1, -0.05) is 0 Å². The van der Waals surface area contributed by atoms with Crippen molar-refractivity contribution < 1.29 is 14.4 Å². The third-order valence-corrected chi connectivity index (χ3v) is 2.51. The Morgan fingerprint density at radius 3 is 2.59 bits per heavy atom. The molecule has 0 bridgehead atoms. The van der Waals surface area contributed by atoms with Crippen LogP contribution in [0.3, 0.4) is 0 Å². The summed E-state index contributed by atoms with van der Waals surface area (Å²) < 4.78 is 0. The van der Waals surface area contributed by atoms with Crippen molar-refractivity contribution >= 4 is 17.7 Å². The first-order valence-electron chi connectivity index (χ1n) is 5.59. The van der Waals surface area contributed by atoms with E-state index in [2.05, 4.69) is 10.6 Å². The Labute approximate surface area is 101 Å². The zero-order valence-corrected chi connectivity index (χ0v) is 10.7. The van der Waals surface area contributed by atoms with Gasteiger partial charge >= 0.3 is 0 Å². The highest BCUT2D eigenvalue weighted by molar-refractivity contribution is 6.04. The minimum Gasteiger partial charge on any atom is -0.321 e. The summed E-state index contributed by atoms with van der Waals surface area (Å²) in [5.41, 5.74) is -0.180. The van der Waals surface area contributed by atoms with E-state index >= 15 is 0 Å². The van der Waals surface area contributed by atoms with Gasteiger partial charge in [-0.05, 0) is 27.7 Å². The van der Waals surface area contributed by atoms with Crippen molar-refractivity contribution in [2.75, 3.05) is 13.1 Å². The Bertz CT molecular complexity index is 346. The van der Waals surface area contributed by atoms with Crippen LogP contribution < -0.4 is 10.6 Å². The molecule has 1 aliphatic heterocycles. The van der Waals surface area contributed by atoms with E-state index in [9.17, 15) is 14.4 Å².